The Bertz CT molecular complexity index is 511. The van der Waals surface area contributed by atoms with Crippen LogP contribution in [0.3, 0.4) is 0 Å². The van der Waals surface area contributed by atoms with Gasteiger partial charge >= 0.3 is 0 Å². The van der Waals surface area contributed by atoms with Crippen LogP contribution in [0.1, 0.15) is 61.9 Å². The summed E-state index contributed by atoms with van der Waals surface area (Å²) in [6.07, 6.45) is 9.85. The number of piperidine rings is 1. The van der Waals surface area contributed by atoms with Crippen LogP contribution in [0.4, 0.5) is 0 Å². The molecule has 0 saturated carbocycles. The van der Waals surface area contributed by atoms with Gasteiger partial charge in [0, 0.05) is 44.3 Å². The highest BCUT2D eigenvalue weighted by atomic mass is 16.5. The molecule has 5 heteroatoms. The predicted molar refractivity (Wildman–Crippen MR) is 95.5 cm³/mol. The lowest BCUT2D eigenvalue weighted by Gasteiger charge is -2.24. The first kappa shape index (κ1) is 16.6. The van der Waals surface area contributed by atoms with Gasteiger partial charge in [-0.05, 0) is 64.7 Å². The second-order valence-corrected chi connectivity index (χ2v) is 7.68. The van der Waals surface area contributed by atoms with Crippen LogP contribution >= 0.6 is 0 Å². The fourth-order valence-electron chi connectivity index (χ4n) is 4.48. The Morgan fingerprint density at radius 1 is 1.00 bits per heavy atom. The molecule has 0 radical (unpaired) electrons. The molecule has 1 N–H and O–H groups in total. The highest BCUT2D eigenvalue weighted by Gasteiger charge is 2.25. The predicted octanol–water partition coefficient (Wildman–Crippen LogP) is 2.34. The maximum Gasteiger partial charge on any atom is 0.112 e. The number of nitrogens with zero attached hydrogens (tertiary/aromatic N) is 3. The standard InChI is InChI=1S/C19H32N4O/c1-2-10-22(9-1)11-12-23-15-18(16-5-13-24-14-6-16)21-19(23)17-3-7-20-8-4-17/h15-17,20H,1-14H2. The summed E-state index contributed by atoms with van der Waals surface area (Å²) >= 11 is 0. The minimum atomic E-state index is 0.604. The average molecular weight is 332 g/mol. The number of nitrogens with one attached hydrogen (secondary N) is 1. The number of hydrogen-bond donors (Lipinski definition) is 1. The highest BCUT2D eigenvalue weighted by molar-refractivity contribution is 5.14. The minimum Gasteiger partial charge on any atom is -0.381 e. The van der Waals surface area contributed by atoms with E-state index in [2.05, 4.69) is 21.0 Å². The van der Waals surface area contributed by atoms with Crippen molar-refractivity contribution in [1.82, 2.24) is 19.8 Å². The Balaban J connectivity index is 1.50. The van der Waals surface area contributed by atoms with Crippen molar-refractivity contribution in [2.75, 3.05) is 45.9 Å². The van der Waals surface area contributed by atoms with E-state index in [0.29, 0.717) is 11.8 Å². The molecular weight excluding hydrogens is 300 g/mol. The van der Waals surface area contributed by atoms with Crippen molar-refractivity contribution in [3.63, 3.8) is 0 Å². The largest absolute Gasteiger partial charge is 0.381 e. The molecule has 0 bridgehead atoms. The molecule has 1 aromatic heterocycles. The number of aromatic nitrogens is 2. The zero-order valence-electron chi connectivity index (χ0n) is 14.9. The van der Waals surface area contributed by atoms with Gasteiger partial charge in [-0.25, -0.2) is 4.98 Å². The molecule has 3 aliphatic heterocycles. The molecule has 3 aliphatic rings. The summed E-state index contributed by atoms with van der Waals surface area (Å²) in [7, 11) is 0. The average Bonchev–Trinajstić information content (AvgIpc) is 3.31. The number of ether oxygens (including phenoxy) is 1. The Labute approximate surface area is 145 Å². The summed E-state index contributed by atoms with van der Waals surface area (Å²) in [4.78, 5) is 7.78. The smallest absolute Gasteiger partial charge is 0.112 e. The van der Waals surface area contributed by atoms with Gasteiger partial charge in [-0.3, -0.25) is 0 Å². The molecule has 5 nitrogen and oxygen atoms in total. The normalized spacial score (nSPS) is 24.7. The number of likely N-dealkylation sites (tertiary alicyclic amines) is 1. The lowest BCUT2D eigenvalue weighted by atomic mass is 9.96. The topological polar surface area (TPSA) is 42.3 Å². The van der Waals surface area contributed by atoms with Crippen LogP contribution in [0.5, 0.6) is 0 Å². The van der Waals surface area contributed by atoms with E-state index < -0.39 is 0 Å². The van der Waals surface area contributed by atoms with Gasteiger partial charge in [0.15, 0.2) is 0 Å². The van der Waals surface area contributed by atoms with Gasteiger partial charge in [-0.15, -0.1) is 0 Å². The van der Waals surface area contributed by atoms with Crippen molar-refractivity contribution < 1.29 is 4.74 Å². The summed E-state index contributed by atoms with van der Waals surface area (Å²) in [6, 6.07) is 0. The molecule has 4 rings (SSSR count). The van der Waals surface area contributed by atoms with Crippen LogP contribution in [-0.2, 0) is 11.3 Å². The SMILES string of the molecule is c1c(C2CCOCC2)nc(C2CCNCC2)n1CCN1CCCC1. The third kappa shape index (κ3) is 3.84. The van der Waals surface area contributed by atoms with Crippen molar-refractivity contribution >= 4 is 0 Å². The molecule has 0 amide bonds. The van der Waals surface area contributed by atoms with Crippen molar-refractivity contribution in [2.24, 2.45) is 0 Å². The maximum atomic E-state index is 5.54. The second kappa shape index (κ2) is 7.98. The van der Waals surface area contributed by atoms with E-state index >= 15 is 0 Å². The molecule has 0 aliphatic carbocycles. The summed E-state index contributed by atoms with van der Waals surface area (Å²) in [5.74, 6) is 2.60. The van der Waals surface area contributed by atoms with Gasteiger partial charge in [0.1, 0.15) is 5.82 Å². The van der Waals surface area contributed by atoms with Crippen LogP contribution in [0, 0.1) is 0 Å². The van der Waals surface area contributed by atoms with Gasteiger partial charge in [-0.2, -0.15) is 0 Å². The first-order valence-electron chi connectivity index (χ1n) is 9.98. The van der Waals surface area contributed by atoms with Gasteiger partial charge in [0.25, 0.3) is 0 Å². The van der Waals surface area contributed by atoms with E-state index in [1.807, 2.05) is 0 Å². The van der Waals surface area contributed by atoms with E-state index in [1.165, 1.54) is 56.8 Å². The molecule has 0 atom stereocenters. The fourth-order valence-corrected chi connectivity index (χ4v) is 4.48. The number of rotatable bonds is 5. The van der Waals surface area contributed by atoms with Crippen molar-refractivity contribution in [3.05, 3.63) is 17.7 Å². The van der Waals surface area contributed by atoms with Crippen LogP contribution in [0.2, 0.25) is 0 Å². The van der Waals surface area contributed by atoms with Gasteiger partial charge in [0.05, 0.1) is 5.69 Å². The fraction of sp³-hybridized carbons (Fsp3) is 0.842. The minimum absolute atomic E-state index is 0.604. The van der Waals surface area contributed by atoms with Crippen LogP contribution in [-0.4, -0.2) is 60.4 Å². The van der Waals surface area contributed by atoms with Gasteiger partial charge in [0.2, 0.25) is 0 Å². The maximum absolute atomic E-state index is 5.54. The summed E-state index contributed by atoms with van der Waals surface area (Å²) in [5.41, 5.74) is 1.33. The van der Waals surface area contributed by atoms with E-state index in [-0.39, 0.29) is 0 Å². The molecule has 0 spiro atoms. The van der Waals surface area contributed by atoms with Crippen molar-refractivity contribution in [2.45, 2.75) is 56.9 Å². The first-order valence-corrected chi connectivity index (χ1v) is 9.98. The zero-order valence-corrected chi connectivity index (χ0v) is 14.9. The molecule has 3 fully saturated rings. The van der Waals surface area contributed by atoms with Crippen LogP contribution in [0.15, 0.2) is 6.20 Å². The third-order valence-electron chi connectivity index (χ3n) is 6.03. The molecule has 1 aromatic rings. The van der Waals surface area contributed by atoms with Gasteiger partial charge in [-0.1, -0.05) is 0 Å². The summed E-state index contributed by atoms with van der Waals surface area (Å²) in [6.45, 7) is 8.92. The number of imidazole rings is 1. The van der Waals surface area contributed by atoms with E-state index in [4.69, 9.17) is 9.72 Å². The lowest BCUT2D eigenvalue weighted by Crippen LogP contribution is -2.29. The van der Waals surface area contributed by atoms with Crippen molar-refractivity contribution in [3.8, 4) is 0 Å². The molecule has 0 unspecified atom stereocenters. The van der Waals surface area contributed by atoms with E-state index in [0.717, 1.165) is 45.7 Å². The molecule has 134 valence electrons. The molecule has 3 saturated heterocycles. The Hall–Kier alpha value is -0.910. The van der Waals surface area contributed by atoms with E-state index in [9.17, 15) is 0 Å². The molecule has 0 aromatic carbocycles. The highest BCUT2D eigenvalue weighted by Crippen LogP contribution is 2.30. The lowest BCUT2D eigenvalue weighted by molar-refractivity contribution is 0.0845. The molecule has 24 heavy (non-hydrogen) atoms. The van der Waals surface area contributed by atoms with E-state index in [1.54, 1.807) is 0 Å². The Morgan fingerprint density at radius 2 is 1.75 bits per heavy atom. The Kier molecular flexibility index (Phi) is 5.50. The summed E-state index contributed by atoms with van der Waals surface area (Å²) < 4.78 is 8.04. The molecular formula is C19H32N4O. The second-order valence-electron chi connectivity index (χ2n) is 7.68. The first-order chi connectivity index (χ1) is 11.9. The third-order valence-corrected chi connectivity index (χ3v) is 6.03. The Morgan fingerprint density at radius 3 is 2.50 bits per heavy atom. The zero-order chi connectivity index (χ0) is 16.2. The van der Waals surface area contributed by atoms with Crippen LogP contribution in [0.25, 0.3) is 0 Å². The van der Waals surface area contributed by atoms with Crippen LogP contribution < -0.4 is 5.32 Å². The summed E-state index contributed by atoms with van der Waals surface area (Å²) in [5, 5.41) is 3.49. The van der Waals surface area contributed by atoms with Gasteiger partial charge < -0.3 is 19.5 Å². The number of hydrogen-bond acceptors (Lipinski definition) is 4. The monoisotopic (exact) mass is 332 g/mol. The molecule has 4 heterocycles. The quantitative estimate of drug-likeness (QED) is 0.899. The van der Waals surface area contributed by atoms with Crippen molar-refractivity contribution in [1.29, 1.82) is 0 Å².